The number of para-hydroxylation sites is 1. The fourth-order valence-corrected chi connectivity index (χ4v) is 1.61. The van der Waals surface area contributed by atoms with Gasteiger partial charge < -0.3 is 10.3 Å². The molecule has 12 heavy (non-hydrogen) atoms. The van der Waals surface area contributed by atoms with Gasteiger partial charge in [-0.1, -0.05) is 18.2 Å². The van der Waals surface area contributed by atoms with Gasteiger partial charge in [0, 0.05) is 19.8 Å². The summed E-state index contributed by atoms with van der Waals surface area (Å²) in [6, 6.07) is 8.33. The molecule has 0 saturated carbocycles. The summed E-state index contributed by atoms with van der Waals surface area (Å²) in [5.74, 6) is 0. The molecule has 0 amide bonds. The number of aromatic nitrogens is 1. The van der Waals surface area contributed by atoms with Gasteiger partial charge in [-0.15, -0.1) is 0 Å². The van der Waals surface area contributed by atoms with E-state index in [1.807, 2.05) is 13.1 Å². The standard InChI is InChI=1S/C10H12N2/c1-12-6-5-8-3-2-4-9(7-11)10(8)12/h2-6H,7,11H2,1H3. The first-order valence-corrected chi connectivity index (χ1v) is 4.06. The number of nitrogens with two attached hydrogens (primary N) is 1. The molecular weight excluding hydrogens is 148 g/mol. The molecule has 0 aliphatic heterocycles. The van der Waals surface area contributed by atoms with Crippen LogP contribution in [0.4, 0.5) is 0 Å². The number of benzene rings is 1. The monoisotopic (exact) mass is 160 g/mol. The molecule has 1 aromatic heterocycles. The van der Waals surface area contributed by atoms with Gasteiger partial charge in [0.15, 0.2) is 0 Å². The Morgan fingerprint density at radius 1 is 1.33 bits per heavy atom. The van der Waals surface area contributed by atoms with Crippen LogP contribution >= 0.6 is 0 Å². The van der Waals surface area contributed by atoms with Crippen molar-refractivity contribution < 1.29 is 0 Å². The lowest BCUT2D eigenvalue weighted by Crippen LogP contribution is -1.99. The molecule has 0 unspecified atom stereocenters. The second kappa shape index (κ2) is 2.64. The van der Waals surface area contributed by atoms with Crippen molar-refractivity contribution in [2.24, 2.45) is 12.8 Å². The molecule has 0 atom stereocenters. The molecule has 1 aromatic carbocycles. The SMILES string of the molecule is Cn1ccc2cccc(CN)c21. The highest BCUT2D eigenvalue weighted by atomic mass is 14.9. The average molecular weight is 160 g/mol. The normalized spacial score (nSPS) is 10.8. The second-order valence-electron chi connectivity index (χ2n) is 2.99. The Morgan fingerprint density at radius 3 is 2.92 bits per heavy atom. The van der Waals surface area contributed by atoms with E-state index in [1.165, 1.54) is 16.5 Å². The number of hydrogen-bond donors (Lipinski definition) is 1. The molecule has 0 aliphatic carbocycles. The van der Waals surface area contributed by atoms with Gasteiger partial charge in [0.2, 0.25) is 0 Å². The Bertz CT molecular complexity index is 401. The van der Waals surface area contributed by atoms with E-state index in [0.29, 0.717) is 6.54 Å². The summed E-state index contributed by atoms with van der Waals surface area (Å²) in [5.41, 5.74) is 8.09. The van der Waals surface area contributed by atoms with Gasteiger partial charge in [-0.05, 0) is 17.0 Å². The molecule has 0 fully saturated rings. The molecule has 1 heterocycles. The van der Waals surface area contributed by atoms with Crippen LogP contribution < -0.4 is 5.73 Å². The zero-order valence-electron chi connectivity index (χ0n) is 7.12. The third-order valence-electron chi connectivity index (χ3n) is 2.20. The lowest BCUT2D eigenvalue weighted by Gasteiger charge is -2.02. The Morgan fingerprint density at radius 2 is 2.17 bits per heavy atom. The minimum absolute atomic E-state index is 0.606. The van der Waals surface area contributed by atoms with Gasteiger partial charge in [0.1, 0.15) is 0 Å². The van der Waals surface area contributed by atoms with E-state index in [2.05, 4.69) is 29.0 Å². The van der Waals surface area contributed by atoms with E-state index in [0.717, 1.165) is 0 Å². The summed E-state index contributed by atoms with van der Waals surface area (Å²) in [5, 5.41) is 1.26. The molecule has 0 bridgehead atoms. The molecule has 0 aliphatic rings. The number of aryl methyl sites for hydroxylation is 1. The maximum absolute atomic E-state index is 5.63. The van der Waals surface area contributed by atoms with E-state index in [-0.39, 0.29) is 0 Å². The van der Waals surface area contributed by atoms with Crippen LogP contribution in [0.2, 0.25) is 0 Å². The minimum atomic E-state index is 0.606. The van der Waals surface area contributed by atoms with Gasteiger partial charge in [0.25, 0.3) is 0 Å². The van der Waals surface area contributed by atoms with Crippen LogP contribution in [0.15, 0.2) is 30.5 Å². The minimum Gasteiger partial charge on any atom is -0.350 e. The highest BCUT2D eigenvalue weighted by Crippen LogP contribution is 2.18. The quantitative estimate of drug-likeness (QED) is 0.675. The van der Waals surface area contributed by atoms with Gasteiger partial charge in [0.05, 0.1) is 5.52 Å². The zero-order chi connectivity index (χ0) is 8.55. The predicted molar refractivity (Wildman–Crippen MR) is 50.8 cm³/mol. The highest BCUT2D eigenvalue weighted by molar-refractivity contribution is 5.83. The molecule has 2 rings (SSSR count). The number of fused-ring (bicyclic) bond motifs is 1. The van der Waals surface area contributed by atoms with Crippen molar-refractivity contribution in [3.05, 3.63) is 36.0 Å². The first kappa shape index (κ1) is 7.37. The highest BCUT2D eigenvalue weighted by Gasteiger charge is 2.01. The molecule has 62 valence electrons. The fourth-order valence-electron chi connectivity index (χ4n) is 1.61. The molecule has 2 heteroatoms. The van der Waals surface area contributed by atoms with Crippen LogP contribution in [0, 0.1) is 0 Å². The Hall–Kier alpha value is -1.28. The van der Waals surface area contributed by atoms with Crippen LogP contribution in [0.1, 0.15) is 5.56 Å². The smallest absolute Gasteiger partial charge is 0.0523 e. The van der Waals surface area contributed by atoms with Gasteiger partial charge in [-0.25, -0.2) is 0 Å². The Balaban J connectivity index is 2.84. The largest absolute Gasteiger partial charge is 0.350 e. The summed E-state index contributed by atoms with van der Waals surface area (Å²) >= 11 is 0. The van der Waals surface area contributed by atoms with E-state index >= 15 is 0 Å². The molecule has 2 aromatic rings. The summed E-state index contributed by atoms with van der Waals surface area (Å²) in [6.45, 7) is 0.606. The molecule has 2 N–H and O–H groups in total. The summed E-state index contributed by atoms with van der Waals surface area (Å²) < 4.78 is 2.11. The van der Waals surface area contributed by atoms with E-state index in [1.54, 1.807) is 0 Å². The summed E-state index contributed by atoms with van der Waals surface area (Å²) in [4.78, 5) is 0. The van der Waals surface area contributed by atoms with Crippen molar-refractivity contribution in [3.8, 4) is 0 Å². The number of hydrogen-bond acceptors (Lipinski definition) is 1. The third-order valence-corrected chi connectivity index (χ3v) is 2.20. The Kier molecular flexibility index (Phi) is 1.62. The average Bonchev–Trinajstić information content (AvgIpc) is 2.48. The zero-order valence-corrected chi connectivity index (χ0v) is 7.12. The number of rotatable bonds is 1. The van der Waals surface area contributed by atoms with E-state index in [9.17, 15) is 0 Å². The van der Waals surface area contributed by atoms with Crippen molar-refractivity contribution in [1.29, 1.82) is 0 Å². The summed E-state index contributed by atoms with van der Waals surface area (Å²) in [7, 11) is 2.04. The summed E-state index contributed by atoms with van der Waals surface area (Å²) in [6.07, 6.45) is 2.06. The van der Waals surface area contributed by atoms with Gasteiger partial charge >= 0.3 is 0 Å². The predicted octanol–water partition coefficient (Wildman–Crippen LogP) is 1.64. The number of nitrogens with zero attached hydrogens (tertiary/aromatic N) is 1. The maximum Gasteiger partial charge on any atom is 0.0523 e. The van der Waals surface area contributed by atoms with Crippen LogP contribution in [-0.4, -0.2) is 4.57 Å². The molecule has 0 saturated heterocycles. The van der Waals surface area contributed by atoms with Gasteiger partial charge in [-0.3, -0.25) is 0 Å². The van der Waals surface area contributed by atoms with Crippen molar-refractivity contribution in [1.82, 2.24) is 4.57 Å². The third kappa shape index (κ3) is 0.924. The fraction of sp³-hybridized carbons (Fsp3) is 0.200. The lowest BCUT2D eigenvalue weighted by atomic mass is 10.1. The van der Waals surface area contributed by atoms with Crippen LogP contribution in [0.5, 0.6) is 0 Å². The topological polar surface area (TPSA) is 30.9 Å². The van der Waals surface area contributed by atoms with Crippen molar-refractivity contribution in [2.45, 2.75) is 6.54 Å². The first-order valence-electron chi connectivity index (χ1n) is 4.06. The molecular formula is C10H12N2. The second-order valence-corrected chi connectivity index (χ2v) is 2.99. The maximum atomic E-state index is 5.63. The van der Waals surface area contributed by atoms with E-state index in [4.69, 9.17) is 5.73 Å². The van der Waals surface area contributed by atoms with Crippen molar-refractivity contribution in [3.63, 3.8) is 0 Å². The first-order chi connectivity index (χ1) is 5.83. The molecule has 2 nitrogen and oxygen atoms in total. The van der Waals surface area contributed by atoms with Crippen LogP contribution in [0.3, 0.4) is 0 Å². The van der Waals surface area contributed by atoms with Crippen molar-refractivity contribution >= 4 is 10.9 Å². The van der Waals surface area contributed by atoms with Crippen molar-refractivity contribution in [2.75, 3.05) is 0 Å². The van der Waals surface area contributed by atoms with Gasteiger partial charge in [-0.2, -0.15) is 0 Å². The molecule has 0 radical (unpaired) electrons. The van der Waals surface area contributed by atoms with E-state index < -0.39 is 0 Å². The van der Waals surface area contributed by atoms with Crippen LogP contribution in [-0.2, 0) is 13.6 Å². The lowest BCUT2D eigenvalue weighted by molar-refractivity contribution is 0.949. The molecule has 0 spiro atoms. The Labute approximate surface area is 71.6 Å². The van der Waals surface area contributed by atoms with Crippen LogP contribution in [0.25, 0.3) is 10.9 Å².